The van der Waals surface area contributed by atoms with Crippen LogP contribution in [0.2, 0.25) is 0 Å². The summed E-state index contributed by atoms with van der Waals surface area (Å²) < 4.78 is 10.7. The summed E-state index contributed by atoms with van der Waals surface area (Å²) in [5.74, 6) is 2.44. The molecule has 1 saturated heterocycles. The molecule has 1 aliphatic heterocycles. The molecule has 4 heteroatoms. The molecule has 4 nitrogen and oxygen atoms in total. The number of hydrogen-bond acceptors (Lipinski definition) is 4. The summed E-state index contributed by atoms with van der Waals surface area (Å²) >= 11 is 0. The highest BCUT2D eigenvalue weighted by Gasteiger charge is 2.23. The van der Waals surface area contributed by atoms with E-state index in [-0.39, 0.29) is 0 Å². The molecule has 20 heavy (non-hydrogen) atoms. The molecule has 2 unspecified atom stereocenters. The van der Waals surface area contributed by atoms with Gasteiger partial charge in [0.15, 0.2) is 0 Å². The summed E-state index contributed by atoms with van der Waals surface area (Å²) in [4.78, 5) is 2.41. The van der Waals surface area contributed by atoms with Crippen molar-refractivity contribution in [2.75, 3.05) is 32.2 Å². The highest BCUT2D eigenvalue weighted by atomic mass is 16.5. The Morgan fingerprint density at radius 3 is 2.45 bits per heavy atom. The Morgan fingerprint density at radius 2 is 1.90 bits per heavy atom. The highest BCUT2D eigenvalue weighted by molar-refractivity contribution is 5.56. The molecule has 0 amide bonds. The van der Waals surface area contributed by atoms with E-state index in [9.17, 15) is 0 Å². The van der Waals surface area contributed by atoms with E-state index in [4.69, 9.17) is 15.2 Å². The van der Waals surface area contributed by atoms with Crippen LogP contribution in [-0.2, 0) is 0 Å². The zero-order valence-corrected chi connectivity index (χ0v) is 12.8. The average molecular weight is 278 g/mol. The van der Waals surface area contributed by atoms with Crippen molar-refractivity contribution in [1.29, 1.82) is 0 Å². The van der Waals surface area contributed by atoms with Crippen LogP contribution in [0.15, 0.2) is 18.2 Å². The molecule has 2 rings (SSSR count). The first-order valence-corrected chi connectivity index (χ1v) is 7.36. The summed E-state index contributed by atoms with van der Waals surface area (Å²) in [6, 6.07) is 6.38. The molecule has 0 aliphatic carbocycles. The van der Waals surface area contributed by atoms with Crippen molar-refractivity contribution in [2.45, 2.75) is 32.2 Å². The number of benzene rings is 1. The van der Waals surface area contributed by atoms with Gasteiger partial charge in [0, 0.05) is 43.0 Å². The zero-order valence-electron chi connectivity index (χ0n) is 12.8. The Balaban J connectivity index is 2.02. The quantitative estimate of drug-likeness (QED) is 0.869. The van der Waals surface area contributed by atoms with Gasteiger partial charge in [0.1, 0.15) is 11.5 Å². The molecule has 112 valence electrons. The third-order valence-electron chi connectivity index (χ3n) is 4.02. The molecular weight excluding hydrogens is 252 g/mol. The van der Waals surface area contributed by atoms with Crippen LogP contribution < -0.4 is 20.1 Å². The molecule has 1 aromatic carbocycles. The summed E-state index contributed by atoms with van der Waals surface area (Å²) in [5, 5.41) is 0. The smallest absolute Gasteiger partial charge is 0.124 e. The van der Waals surface area contributed by atoms with Crippen LogP contribution in [0.5, 0.6) is 11.5 Å². The predicted molar refractivity (Wildman–Crippen MR) is 82.7 cm³/mol. The average Bonchev–Trinajstić information content (AvgIpc) is 2.93. The number of nitrogens with zero attached hydrogens (tertiary/aromatic N) is 1. The summed E-state index contributed by atoms with van der Waals surface area (Å²) in [6.45, 7) is 4.28. The third-order valence-corrected chi connectivity index (χ3v) is 4.02. The topological polar surface area (TPSA) is 47.7 Å². The number of hydrogen-bond donors (Lipinski definition) is 1. The van der Waals surface area contributed by atoms with Gasteiger partial charge in [0.2, 0.25) is 0 Å². The lowest BCUT2D eigenvalue weighted by atomic mass is 10.0. The molecule has 2 N–H and O–H groups in total. The van der Waals surface area contributed by atoms with E-state index >= 15 is 0 Å². The number of ether oxygens (including phenoxy) is 2. The minimum Gasteiger partial charge on any atom is -0.497 e. The molecule has 2 atom stereocenters. The molecule has 1 aromatic rings. The standard InChI is InChI=1S/C16H26N2O2/c1-12(17)4-5-13-6-7-18(11-13)14-8-15(19-2)10-16(9-14)20-3/h8-10,12-13H,4-7,11,17H2,1-3H3. The molecule has 0 spiro atoms. The number of rotatable bonds is 6. The molecule has 0 saturated carbocycles. The SMILES string of the molecule is COc1cc(OC)cc(N2CCC(CCC(C)N)C2)c1. The van der Waals surface area contributed by atoms with Gasteiger partial charge in [0.25, 0.3) is 0 Å². The van der Waals surface area contributed by atoms with E-state index in [0.29, 0.717) is 6.04 Å². The van der Waals surface area contributed by atoms with Crippen molar-refractivity contribution >= 4 is 5.69 Å². The van der Waals surface area contributed by atoms with E-state index in [2.05, 4.69) is 24.0 Å². The normalized spacial score (nSPS) is 20.0. The molecular formula is C16H26N2O2. The van der Waals surface area contributed by atoms with Crippen molar-refractivity contribution in [3.05, 3.63) is 18.2 Å². The molecule has 0 aromatic heterocycles. The van der Waals surface area contributed by atoms with E-state index < -0.39 is 0 Å². The number of methoxy groups -OCH3 is 2. The Bertz CT molecular complexity index is 412. The van der Waals surface area contributed by atoms with Crippen LogP contribution in [0, 0.1) is 5.92 Å². The van der Waals surface area contributed by atoms with Gasteiger partial charge < -0.3 is 20.1 Å². The lowest BCUT2D eigenvalue weighted by Gasteiger charge is -2.20. The van der Waals surface area contributed by atoms with Crippen LogP contribution in [0.4, 0.5) is 5.69 Å². The van der Waals surface area contributed by atoms with Gasteiger partial charge in [-0.1, -0.05) is 0 Å². The maximum atomic E-state index is 5.85. The maximum Gasteiger partial charge on any atom is 0.124 e. The molecule has 0 bridgehead atoms. The van der Waals surface area contributed by atoms with Crippen LogP contribution >= 0.6 is 0 Å². The first-order chi connectivity index (χ1) is 9.62. The Kier molecular flexibility index (Phi) is 5.12. The second kappa shape index (κ2) is 6.84. The van der Waals surface area contributed by atoms with Crippen molar-refractivity contribution in [3.63, 3.8) is 0 Å². The second-order valence-electron chi connectivity index (χ2n) is 5.73. The fourth-order valence-electron chi connectivity index (χ4n) is 2.78. The van der Waals surface area contributed by atoms with Gasteiger partial charge in [-0.3, -0.25) is 0 Å². The third kappa shape index (κ3) is 3.79. The lowest BCUT2D eigenvalue weighted by Crippen LogP contribution is -2.21. The Labute approximate surface area is 121 Å². The van der Waals surface area contributed by atoms with Gasteiger partial charge in [-0.2, -0.15) is 0 Å². The maximum absolute atomic E-state index is 5.85. The van der Waals surface area contributed by atoms with E-state index in [1.54, 1.807) is 14.2 Å². The van der Waals surface area contributed by atoms with E-state index in [1.165, 1.54) is 18.5 Å². The molecule has 1 heterocycles. The lowest BCUT2D eigenvalue weighted by molar-refractivity contribution is 0.394. The van der Waals surface area contributed by atoms with E-state index in [0.717, 1.165) is 36.9 Å². The van der Waals surface area contributed by atoms with Crippen LogP contribution in [0.1, 0.15) is 26.2 Å². The van der Waals surface area contributed by atoms with Crippen molar-refractivity contribution in [2.24, 2.45) is 11.7 Å². The first kappa shape index (κ1) is 15.0. The van der Waals surface area contributed by atoms with Crippen LogP contribution in [0.25, 0.3) is 0 Å². The molecule has 1 fully saturated rings. The van der Waals surface area contributed by atoms with Crippen molar-refractivity contribution in [3.8, 4) is 11.5 Å². The van der Waals surface area contributed by atoms with Gasteiger partial charge in [-0.25, -0.2) is 0 Å². The van der Waals surface area contributed by atoms with Gasteiger partial charge in [-0.05, 0) is 32.1 Å². The minimum atomic E-state index is 0.306. The summed E-state index contributed by atoms with van der Waals surface area (Å²) in [6.07, 6.45) is 3.57. The highest BCUT2D eigenvalue weighted by Crippen LogP contribution is 2.32. The van der Waals surface area contributed by atoms with Gasteiger partial charge in [-0.15, -0.1) is 0 Å². The first-order valence-electron chi connectivity index (χ1n) is 7.36. The van der Waals surface area contributed by atoms with Crippen LogP contribution in [-0.4, -0.2) is 33.4 Å². The molecule has 0 radical (unpaired) electrons. The monoisotopic (exact) mass is 278 g/mol. The zero-order chi connectivity index (χ0) is 14.5. The second-order valence-corrected chi connectivity index (χ2v) is 5.73. The van der Waals surface area contributed by atoms with Gasteiger partial charge in [0.05, 0.1) is 14.2 Å². The fourth-order valence-corrected chi connectivity index (χ4v) is 2.78. The Hall–Kier alpha value is -1.42. The summed E-state index contributed by atoms with van der Waals surface area (Å²) in [5.41, 5.74) is 7.03. The summed E-state index contributed by atoms with van der Waals surface area (Å²) in [7, 11) is 3.38. The minimum absolute atomic E-state index is 0.306. The fraction of sp³-hybridized carbons (Fsp3) is 0.625. The van der Waals surface area contributed by atoms with Crippen molar-refractivity contribution in [1.82, 2.24) is 0 Å². The number of anilines is 1. The van der Waals surface area contributed by atoms with E-state index in [1.807, 2.05) is 6.07 Å². The van der Waals surface area contributed by atoms with Crippen molar-refractivity contribution < 1.29 is 9.47 Å². The van der Waals surface area contributed by atoms with Gasteiger partial charge >= 0.3 is 0 Å². The Morgan fingerprint density at radius 1 is 1.25 bits per heavy atom. The van der Waals surface area contributed by atoms with Crippen LogP contribution in [0.3, 0.4) is 0 Å². The largest absolute Gasteiger partial charge is 0.497 e. The molecule has 1 aliphatic rings. The number of nitrogens with two attached hydrogens (primary N) is 1. The predicted octanol–water partition coefficient (Wildman–Crippen LogP) is 2.66.